The molecule has 0 aromatic heterocycles. The van der Waals surface area contributed by atoms with Gasteiger partial charge in [0.25, 0.3) is 0 Å². The summed E-state index contributed by atoms with van der Waals surface area (Å²) in [6, 6.07) is 0. The van der Waals surface area contributed by atoms with E-state index in [0.29, 0.717) is 11.3 Å². The van der Waals surface area contributed by atoms with Gasteiger partial charge in [-0.15, -0.1) is 0 Å². The molecule has 1 fully saturated rings. The van der Waals surface area contributed by atoms with E-state index in [2.05, 4.69) is 19.9 Å². The first-order chi connectivity index (χ1) is 7.36. The molecule has 92 valence electrons. The van der Waals surface area contributed by atoms with Crippen molar-refractivity contribution in [2.45, 2.75) is 65.4 Å². The third-order valence-electron chi connectivity index (χ3n) is 5.33. The molecule has 1 heteroatoms. The maximum Gasteiger partial charge on any atom is 0.0620 e. The Labute approximate surface area is 99.9 Å². The molecular weight excluding hydrogens is 196 g/mol. The van der Waals surface area contributed by atoms with Crippen LogP contribution in [0.2, 0.25) is 0 Å². The van der Waals surface area contributed by atoms with E-state index < -0.39 is 5.60 Å². The Hall–Kier alpha value is -0.300. The maximum atomic E-state index is 10.2. The zero-order valence-electron chi connectivity index (χ0n) is 11.2. The van der Waals surface area contributed by atoms with E-state index in [9.17, 15) is 5.11 Å². The van der Waals surface area contributed by atoms with Gasteiger partial charge in [0, 0.05) is 0 Å². The van der Waals surface area contributed by atoms with Crippen molar-refractivity contribution in [1.29, 1.82) is 0 Å². The normalized spacial score (nSPS) is 40.2. The summed E-state index contributed by atoms with van der Waals surface area (Å²) in [5, 5.41) is 10.2. The molecule has 0 bridgehead atoms. The molecule has 0 aromatic rings. The predicted molar refractivity (Wildman–Crippen MR) is 68.2 cm³/mol. The monoisotopic (exact) mass is 222 g/mol. The Kier molecular flexibility index (Phi) is 2.94. The van der Waals surface area contributed by atoms with Gasteiger partial charge < -0.3 is 5.11 Å². The average Bonchev–Trinajstić information content (AvgIpc) is 2.60. The Morgan fingerprint density at radius 3 is 2.56 bits per heavy atom. The van der Waals surface area contributed by atoms with Crippen LogP contribution in [0.3, 0.4) is 0 Å². The van der Waals surface area contributed by atoms with Crippen LogP contribution in [0.1, 0.15) is 59.8 Å². The van der Waals surface area contributed by atoms with Crippen molar-refractivity contribution >= 4 is 0 Å². The van der Waals surface area contributed by atoms with E-state index in [0.717, 1.165) is 5.92 Å². The van der Waals surface area contributed by atoms with Crippen LogP contribution in [-0.4, -0.2) is 10.7 Å². The number of aliphatic hydroxyl groups is 1. The molecule has 0 saturated heterocycles. The highest BCUT2D eigenvalue weighted by atomic mass is 16.3. The molecule has 1 nitrogen and oxygen atoms in total. The van der Waals surface area contributed by atoms with Gasteiger partial charge in [0.05, 0.1) is 5.60 Å². The molecule has 0 radical (unpaired) electrons. The molecule has 0 aromatic carbocycles. The second-order valence-corrected chi connectivity index (χ2v) is 6.62. The summed E-state index contributed by atoms with van der Waals surface area (Å²) in [6.45, 7) is 8.66. The lowest BCUT2D eigenvalue weighted by Crippen LogP contribution is -2.34. The molecule has 1 saturated carbocycles. The Morgan fingerprint density at radius 1 is 1.38 bits per heavy atom. The fourth-order valence-electron chi connectivity index (χ4n) is 3.90. The summed E-state index contributed by atoms with van der Waals surface area (Å²) in [6.07, 6.45) is 8.69. The minimum absolute atomic E-state index is 0.420. The van der Waals surface area contributed by atoms with Gasteiger partial charge in [-0.2, -0.15) is 0 Å². The highest BCUT2D eigenvalue weighted by Crippen LogP contribution is 2.56. The van der Waals surface area contributed by atoms with Gasteiger partial charge in [0.2, 0.25) is 0 Å². The van der Waals surface area contributed by atoms with Gasteiger partial charge in [0.1, 0.15) is 0 Å². The van der Waals surface area contributed by atoms with Crippen molar-refractivity contribution in [3.63, 3.8) is 0 Å². The summed E-state index contributed by atoms with van der Waals surface area (Å²) in [4.78, 5) is 0. The Balaban J connectivity index is 2.22. The lowest BCUT2D eigenvalue weighted by Gasteiger charge is -2.41. The van der Waals surface area contributed by atoms with Crippen LogP contribution in [0.4, 0.5) is 0 Å². The molecule has 2 aliphatic rings. The SMILES string of the molecule is CC1=CCC[C@@H](C)[C@@]12CC[C@@H](C(C)(C)O)C2. The van der Waals surface area contributed by atoms with Crippen LogP contribution < -0.4 is 0 Å². The van der Waals surface area contributed by atoms with Gasteiger partial charge in [-0.05, 0) is 70.1 Å². The fraction of sp³-hybridized carbons (Fsp3) is 0.867. The summed E-state index contributed by atoms with van der Waals surface area (Å²) in [7, 11) is 0. The fourth-order valence-corrected chi connectivity index (χ4v) is 3.90. The smallest absolute Gasteiger partial charge is 0.0620 e. The van der Waals surface area contributed by atoms with E-state index in [1.807, 2.05) is 13.8 Å². The number of rotatable bonds is 1. The number of allylic oxidation sites excluding steroid dienone is 2. The van der Waals surface area contributed by atoms with Crippen molar-refractivity contribution in [2.24, 2.45) is 17.3 Å². The molecule has 3 atom stereocenters. The van der Waals surface area contributed by atoms with E-state index in [4.69, 9.17) is 0 Å². The first-order valence-electron chi connectivity index (χ1n) is 6.76. The second-order valence-electron chi connectivity index (χ2n) is 6.62. The molecule has 2 rings (SSSR count). The molecular formula is C15H26O. The van der Waals surface area contributed by atoms with E-state index in [1.54, 1.807) is 5.57 Å². The third-order valence-corrected chi connectivity index (χ3v) is 5.33. The molecule has 1 spiro atoms. The molecule has 0 unspecified atom stereocenters. The lowest BCUT2D eigenvalue weighted by atomic mass is 9.64. The Bertz CT molecular complexity index is 297. The van der Waals surface area contributed by atoms with Gasteiger partial charge in [-0.1, -0.05) is 18.6 Å². The average molecular weight is 222 g/mol. The topological polar surface area (TPSA) is 20.2 Å². The van der Waals surface area contributed by atoms with Crippen LogP contribution in [0.25, 0.3) is 0 Å². The third kappa shape index (κ3) is 1.84. The van der Waals surface area contributed by atoms with E-state index >= 15 is 0 Å². The van der Waals surface area contributed by atoms with Crippen LogP contribution in [0, 0.1) is 17.3 Å². The maximum absolute atomic E-state index is 10.2. The zero-order valence-corrected chi connectivity index (χ0v) is 11.2. The Morgan fingerprint density at radius 2 is 2.06 bits per heavy atom. The van der Waals surface area contributed by atoms with Gasteiger partial charge >= 0.3 is 0 Å². The van der Waals surface area contributed by atoms with Gasteiger partial charge in [-0.25, -0.2) is 0 Å². The molecule has 0 heterocycles. The first-order valence-corrected chi connectivity index (χ1v) is 6.76. The van der Waals surface area contributed by atoms with Gasteiger partial charge in [0.15, 0.2) is 0 Å². The molecule has 2 aliphatic carbocycles. The van der Waals surface area contributed by atoms with Crippen LogP contribution >= 0.6 is 0 Å². The van der Waals surface area contributed by atoms with E-state index in [-0.39, 0.29) is 0 Å². The van der Waals surface area contributed by atoms with Crippen LogP contribution in [-0.2, 0) is 0 Å². The van der Waals surface area contributed by atoms with Crippen LogP contribution in [0.15, 0.2) is 11.6 Å². The lowest BCUT2D eigenvalue weighted by molar-refractivity contribution is 0.0128. The summed E-state index contributed by atoms with van der Waals surface area (Å²) in [5.41, 5.74) is 1.52. The largest absolute Gasteiger partial charge is 0.390 e. The van der Waals surface area contributed by atoms with Crippen molar-refractivity contribution in [2.75, 3.05) is 0 Å². The summed E-state index contributed by atoms with van der Waals surface area (Å²) in [5.74, 6) is 1.28. The number of hydrogen-bond donors (Lipinski definition) is 1. The minimum Gasteiger partial charge on any atom is -0.390 e. The minimum atomic E-state index is -0.499. The zero-order chi connectivity index (χ0) is 12.0. The van der Waals surface area contributed by atoms with Crippen molar-refractivity contribution in [3.8, 4) is 0 Å². The summed E-state index contributed by atoms with van der Waals surface area (Å²) < 4.78 is 0. The predicted octanol–water partition coefficient (Wildman–Crippen LogP) is 3.92. The molecule has 0 aliphatic heterocycles. The van der Waals surface area contributed by atoms with Crippen molar-refractivity contribution < 1.29 is 5.11 Å². The summed E-state index contributed by atoms with van der Waals surface area (Å²) >= 11 is 0. The molecule has 0 amide bonds. The van der Waals surface area contributed by atoms with Crippen LogP contribution in [0.5, 0.6) is 0 Å². The molecule has 16 heavy (non-hydrogen) atoms. The number of hydrogen-bond acceptors (Lipinski definition) is 1. The molecule has 1 N–H and O–H groups in total. The van der Waals surface area contributed by atoms with Crippen molar-refractivity contribution in [1.82, 2.24) is 0 Å². The standard InChI is InChI=1S/C15H26O/c1-11-6-5-7-12(2)15(11)9-8-13(10-15)14(3,4)16/h6,12-13,16H,5,7-10H2,1-4H3/t12-,13-,15-/m1/s1. The first kappa shape index (κ1) is 12.2. The highest BCUT2D eigenvalue weighted by Gasteiger charge is 2.48. The van der Waals surface area contributed by atoms with Crippen molar-refractivity contribution in [3.05, 3.63) is 11.6 Å². The highest BCUT2D eigenvalue weighted by molar-refractivity contribution is 5.20. The van der Waals surface area contributed by atoms with Gasteiger partial charge in [-0.3, -0.25) is 0 Å². The van der Waals surface area contributed by atoms with E-state index in [1.165, 1.54) is 32.1 Å². The second kappa shape index (κ2) is 3.87. The quantitative estimate of drug-likeness (QED) is 0.667.